The topological polar surface area (TPSA) is 63.3 Å². The van der Waals surface area contributed by atoms with Crippen LogP contribution in [-0.2, 0) is 11.8 Å². The fourth-order valence-corrected chi connectivity index (χ4v) is 2.57. The predicted octanol–water partition coefficient (Wildman–Crippen LogP) is 3.40. The fraction of sp³-hybridized carbons (Fsp3) is 0.714. The summed E-state index contributed by atoms with van der Waals surface area (Å²) >= 11 is 0. The molecular formula is C14H21NO3. The Kier molecular flexibility index (Phi) is 3.46. The van der Waals surface area contributed by atoms with Crippen LogP contribution in [0.4, 0.5) is 0 Å². The van der Waals surface area contributed by atoms with Crippen LogP contribution in [0.1, 0.15) is 68.6 Å². The van der Waals surface area contributed by atoms with Crippen LogP contribution in [0.25, 0.3) is 0 Å². The average Bonchev–Trinajstić information content (AvgIpc) is 2.85. The minimum atomic E-state index is -1.02. The van der Waals surface area contributed by atoms with Crippen molar-refractivity contribution < 1.29 is 14.3 Å². The minimum Gasteiger partial charge on any atom is -0.475 e. The Bertz CT molecular complexity index is 436. The highest BCUT2D eigenvalue weighted by atomic mass is 16.4. The number of aromatic nitrogens is 1. The molecule has 1 heterocycles. The molecule has 1 aliphatic rings. The Balaban J connectivity index is 2.24. The van der Waals surface area contributed by atoms with Crippen molar-refractivity contribution >= 4 is 5.97 Å². The van der Waals surface area contributed by atoms with E-state index in [0.29, 0.717) is 17.5 Å². The summed E-state index contributed by atoms with van der Waals surface area (Å²) in [5.74, 6) is 0.183. The van der Waals surface area contributed by atoms with Gasteiger partial charge in [-0.25, -0.2) is 9.78 Å². The normalized spacial score (nSPS) is 17.3. The Morgan fingerprint density at radius 1 is 1.39 bits per heavy atom. The highest BCUT2D eigenvalue weighted by Crippen LogP contribution is 2.31. The van der Waals surface area contributed by atoms with Crippen LogP contribution in [0.3, 0.4) is 0 Å². The standard InChI is InChI=1S/C14H21NO3/c1-14(2,3)12-11(13(16)17)18-10(15-12)8-9-6-4-5-7-9/h9H,4-8H2,1-3H3,(H,16,17). The lowest BCUT2D eigenvalue weighted by atomic mass is 9.91. The molecule has 18 heavy (non-hydrogen) atoms. The third kappa shape index (κ3) is 2.74. The van der Waals surface area contributed by atoms with Crippen LogP contribution >= 0.6 is 0 Å². The zero-order valence-electron chi connectivity index (χ0n) is 11.3. The Labute approximate surface area is 107 Å². The summed E-state index contributed by atoms with van der Waals surface area (Å²) in [5.41, 5.74) is 0.258. The first-order valence-electron chi connectivity index (χ1n) is 6.61. The monoisotopic (exact) mass is 251 g/mol. The third-order valence-electron chi connectivity index (χ3n) is 3.51. The average molecular weight is 251 g/mol. The lowest BCUT2D eigenvalue weighted by Crippen LogP contribution is -2.16. The summed E-state index contributed by atoms with van der Waals surface area (Å²) in [6.07, 6.45) is 5.72. The maximum atomic E-state index is 11.2. The molecule has 1 N–H and O–H groups in total. The minimum absolute atomic E-state index is 0.00972. The largest absolute Gasteiger partial charge is 0.475 e. The molecule has 1 aromatic rings. The van der Waals surface area contributed by atoms with E-state index in [1.54, 1.807) is 0 Å². The second-order valence-corrected chi connectivity index (χ2v) is 6.20. The molecule has 4 nitrogen and oxygen atoms in total. The summed E-state index contributed by atoms with van der Waals surface area (Å²) in [4.78, 5) is 15.6. The number of hydrogen-bond acceptors (Lipinski definition) is 3. The highest BCUT2D eigenvalue weighted by molar-refractivity contribution is 5.86. The molecule has 0 aromatic carbocycles. The van der Waals surface area contributed by atoms with Gasteiger partial charge in [-0.05, 0) is 18.8 Å². The molecule has 4 heteroatoms. The highest BCUT2D eigenvalue weighted by Gasteiger charge is 2.29. The molecule has 1 fully saturated rings. The quantitative estimate of drug-likeness (QED) is 0.894. The predicted molar refractivity (Wildman–Crippen MR) is 67.8 cm³/mol. The number of carboxylic acid groups (broad SMARTS) is 1. The maximum Gasteiger partial charge on any atom is 0.373 e. The van der Waals surface area contributed by atoms with E-state index in [0.717, 1.165) is 6.42 Å². The molecular weight excluding hydrogens is 230 g/mol. The van der Waals surface area contributed by atoms with Crippen molar-refractivity contribution in [3.63, 3.8) is 0 Å². The van der Waals surface area contributed by atoms with E-state index in [4.69, 9.17) is 9.52 Å². The number of nitrogens with zero attached hydrogens (tertiary/aromatic N) is 1. The van der Waals surface area contributed by atoms with Crippen molar-refractivity contribution in [1.29, 1.82) is 0 Å². The lowest BCUT2D eigenvalue weighted by Gasteiger charge is -2.14. The molecule has 0 spiro atoms. The van der Waals surface area contributed by atoms with Gasteiger partial charge in [-0.2, -0.15) is 0 Å². The van der Waals surface area contributed by atoms with Gasteiger partial charge in [-0.1, -0.05) is 33.6 Å². The SMILES string of the molecule is CC(C)(C)c1nc(CC2CCCC2)oc1C(=O)O. The van der Waals surface area contributed by atoms with Gasteiger partial charge >= 0.3 is 5.97 Å². The Hall–Kier alpha value is -1.32. The van der Waals surface area contributed by atoms with Crippen LogP contribution in [-0.4, -0.2) is 16.1 Å². The van der Waals surface area contributed by atoms with E-state index in [1.807, 2.05) is 20.8 Å². The van der Waals surface area contributed by atoms with Gasteiger partial charge in [0.2, 0.25) is 5.76 Å². The van der Waals surface area contributed by atoms with Gasteiger partial charge in [0.1, 0.15) is 0 Å². The van der Waals surface area contributed by atoms with E-state index in [1.165, 1.54) is 25.7 Å². The molecule has 0 radical (unpaired) electrons. The molecule has 0 amide bonds. The van der Waals surface area contributed by atoms with E-state index in [-0.39, 0.29) is 11.2 Å². The van der Waals surface area contributed by atoms with Crippen LogP contribution in [0.15, 0.2) is 4.42 Å². The van der Waals surface area contributed by atoms with Crippen molar-refractivity contribution in [3.05, 3.63) is 17.3 Å². The third-order valence-corrected chi connectivity index (χ3v) is 3.51. The van der Waals surface area contributed by atoms with Crippen molar-refractivity contribution in [1.82, 2.24) is 4.98 Å². The van der Waals surface area contributed by atoms with E-state index < -0.39 is 5.97 Å². The van der Waals surface area contributed by atoms with Crippen LogP contribution < -0.4 is 0 Å². The first-order chi connectivity index (χ1) is 8.38. The number of carbonyl (C=O) groups is 1. The molecule has 1 aromatic heterocycles. The van der Waals surface area contributed by atoms with Crippen molar-refractivity contribution in [2.75, 3.05) is 0 Å². The summed E-state index contributed by atoms with van der Waals surface area (Å²) < 4.78 is 5.45. The van der Waals surface area contributed by atoms with E-state index in [2.05, 4.69) is 4.98 Å². The Morgan fingerprint density at radius 2 is 2.00 bits per heavy atom. The van der Waals surface area contributed by atoms with Crippen molar-refractivity contribution in [2.24, 2.45) is 5.92 Å². The molecule has 2 rings (SSSR count). The first kappa shape index (κ1) is 13.1. The summed E-state index contributed by atoms with van der Waals surface area (Å²) in [5, 5.41) is 9.17. The Morgan fingerprint density at radius 3 is 2.44 bits per heavy atom. The number of rotatable bonds is 3. The first-order valence-corrected chi connectivity index (χ1v) is 6.61. The second kappa shape index (κ2) is 4.75. The molecule has 0 aliphatic heterocycles. The van der Waals surface area contributed by atoms with Crippen molar-refractivity contribution in [2.45, 2.75) is 58.3 Å². The summed E-state index contributed by atoms with van der Waals surface area (Å²) in [6, 6.07) is 0. The van der Waals surface area contributed by atoms with E-state index >= 15 is 0 Å². The van der Waals surface area contributed by atoms with Gasteiger partial charge in [-0.15, -0.1) is 0 Å². The maximum absolute atomic E-state index is 11.2. The van der Waals surface area contributed by atoms with Gasteiger partial charge in [0.15, 0.2) is 5.89 Å². The summed E-state index contributed by atoms with van der Waals surface area (Å²) in [6.45, 7) is 5.87. The van der Waals surface area contributed by atoms with Gasteiger partial charge < -0.3 is 9.52 Å². The zero-order valence-corrected chi connectivity index (χ0v) is 11.3. The molecule has 0 atom stereocenters. The van der Waals surface area contributed by atoms with Gasteiger partial charge in [0.05, 0.1) is 5.69 Å². The fourth-order valence-electron chi connectivity index (χ4n) is 2.57. The molecule has 1 aliphatic carbocycles. The molecule has 1 saturated carbocycles. The van der Waals surface area contributed by atoms with Crippen molar-refractivity contribution in [3.8, 4) is 0 Å². The molecule has 0 saturated heterocycles. The lowest BCUT2D eigenvalue weighted by molar-refractivity contribution is 0.0656. The molecule has 0 unspecified atom stereocenters. The number of oxazole rings is 1. The smallest absolute Gasteiger partial charge is 0.373 e. The van der Waals surface area contributed by atoms with Crippen LogP contribution in [0, 0.1) is 5.92 Å². The van der Waals surface area contributed by atoms with E-state index in [9.17, 15) is 4.79 Å². The van der Waals surface area contributed by atoms with Gasteiger partial charge in [0.25, 0.3) is 0 Å². The van der Waals surface area contributed by atoms with Gasteiger partial charge in [-0.3, -0.25) is 0 Å². The molecule has 100 valence electrons. The van der Waals surface area contributed by atoms with Gasteiger partial charge in [0, 0.05) is 11.8 Å². The van der Waals surface area contributed by atoms with Crippen LogP contribution in [0.5, 0.6) is 0 Å². The second-order valence-electron chi connectivity index (χ2n) is 6.20. The summed E-state index contributed by atoms with van der Waals surface area (Å²) in [7, 11) is 0. The number of hydrogen-bond donors (Lipinski definition) is 1. The van der Waals surface area contributed by atoms with Crippen LogP contribution in [0.2, 0.25) is 0 Å². The number of carboxylic acids is 1. The zero-order chi connectivity index (χ0) is 13.3. The molecule has 0 bridgehead atoms. The number of aromatic carboxylic acids is 1.